The third-order valence-corrected chi connectivity index (χ3v) is 5.17. The van der Waals surface area contributed by atoms with Crippen LogP contribution < -0.4 is 4.74 Å². The zero-order valence-electron chi connectivity index (χ0n) is 15.3. The van der Waals surface area contributed by atoms with E-state index in [9.17, 15) is 5.11 Å². The van der Waals surface area contributed by atoms with Crippen LogP contribution in [-0.4, -0.2) is 14.7 Å². The molecule has 1 aromatic heterocycles. The largest absolute Gasteiger partial charge is 0.489 e. The number of benzene rings is 2. The van der Waals surface area contributed by atoms with Crippen molar-refractivity contribution in [3.05, 3.63) is 81.9 Å². The highest BCUT2D eigenvalue weighted by Gasteiger charge is 2.17. The average molecular weight is 405 g/mol. The first-order valence-corrected chi connectivity index (χ1v) is 9.52. The van der Waals surface area contributed by atoms with Gasteiger partial charge in [0.2, 0.25) is 0 Å². The van der Waals surface area contributed by atoms with E-state index in [1.807, 2.05) is 54.9 Å². The van der Waals surface area contributed by atoms with E-state index >= 15 is 0 Å². The molecule has 1 heterocycles. The maximum absolute atomic E-state index is 10.6. The number of imidazole rings is 1. The number of nitrogens with zero attached hydrogens (tertiary/aromatic N) is 2. The van der Waals surface area contributed by atoms with E-state index in [4.69, 9.17) is 27.9 Å². The van der Waals surface area contributed by atoms with Crippen LogP contribution in [-0.2, 0) is 13.2 Å². The molecule has 1 N–H and O–H groups in total. The number of aliphatic hydroxyl groups is 1. The van der Waals surface area contributed by atoms with Crippen molar-refractivity contribution in [1.29, 1.82) is 0 Å². The fraction of sp³-hybridized carbons (Fsp3) is 0.286. The first kappa shape index (κ1) is 19.7. The first-order chi connectivity index (χ1) is 12.9. The van der Waals surface area contributed by atoms with E-state index in [-0.39, 0.29) is 5.92 Å². The first-order valence-electron chi connectivity index (χ1n) is 8.76. The predicted octanol–water partition coefficient (Wildman–Crippen LogP) is 5.45. The van der Waals surface area contributed by atoms with Crippen LogP contribution in [0.5, 0.6) is 5.75 Å². The van der Waals surface area contributed by atoms with Gasteiger partial charge in [-0.25, -0.2) is 4.98 Å². The van der Waals surface area contributed by atoms with Gasteiger partial charge >= 0.3 is 0 Å². The van der Waals surface area contributed by atoms with Crippen molar-refractivity contribution in [3.63, 3.8) is 0 Å². The summed E-state index contributed by atoms with van der Waals surface area (Å²) in [5.74, 6) is 1.71. The Morgan fingerprint density at radius 3 is 2.52 bits per heavy atom. The van der Waals surface area contributed by atoms with E-state index in [2.05, 4.69) is 4.98 Å². The monoisotopic (exact) mass is 404 g/mol. The summed E-state index contributed by atoms with van der Waals surface area (Å²) in [6.07, 6.45) is 3.14. The number of ether oxygens (including phenoxy) is 1. The van der Waals surface area contributed by atoms with Crippen LogP contribution in [0, 0.1) is 12.8 Å². The second kappa shape index (κ2) is 8.79. The van der Waals surface area contributed by atoms with E-state index in [1.54, 1.807) is 18.3 Å². The maximum atomic E-state index is 10.6. The molecule has 3 rings (SSSR count). The molecule has 3 aromatic rings. The normalized spacial score (nSPS) is 13.4. The second-order valence-electron chi connectivity index (χ2n) is 6.64. The quantitative estimate of drug-likeness (QED) is 0.569. The highest BCUT2D eigenvalue weighted by molar-refractivity contribution is 6.35. The molecule has 0 aliphatic rings. The van der Waals surface area contributed by atoms with Crippen molar-refractivity contribution in [2.75, 3.05) is 0 Å². The standard InChI is InChI=1S/C21H22Cl2N2O2/c1-14(12-25-10-9-24-15(25)2)21(26)16-4-7-19(8-5-16)27-13-17-3-6-18(22)11-20(17)23/h3-11,14,21,26H,12-13H2,1-2H3. The van der Waals surface area contributed by atoms with Gasteiger partial charge < -0.3 is 14.4 Å². The minimum absolute atomic E-state index is 0.0533. The molecule has 2 aromatic carbocycles. The lowest BCUT2D eigenvalue weighted by Crippen LogP contribution is -2.16. The molecule has 142 valence electrons. The van der Waals surface area contributed by atoms with Gasteiger partial charge in [-0.15, -0.1) is 0 Å². The second-order valence-corrected chi connectivity index (χ2v) is 7.49. The fourth-order valence-corrected chi connectivity index (χ4v) is 3.36. The van der Waals surface area contributed by atoms with E-state index < -0.39 is 6.10 Å². The molecule has 6 heteroatoms. The van der Waals surface area contributed by atoms with Gasteiger partial charge in [-0.1, -0.05) is 48.3 Å². The third kappa shape index (κ3) is 5.04. The van der Waals surface area contributed by atoms with Crippen LogP contribution in [0.25, 0.3) is 0 Å². The molecule has 27 heavy (non-hydrogen) atoms. The van der Waals surface area contributed by atoms with E-state index in [0.717, 1.165) is 22.7 Å². The molecule has 0 amide bonds. The maximum Gasteiger partial charge on any atom is 0.119 e. The summed E-state index contributed by atoms with van der Waals surface area (Å²) in [5.41, 5.74) is 1.73. The minimum Gasteiger partial charge on any atom is -0.489 e. The van der Waals surface area contributed by atoms with Gasteiger partial charge in [-0.3, -0.25) is 0 Å². The number of aryl methyl sites for hydroxylation is 1. The number of halogens is 2. The summed E-state index contributed by atoms with van der Waals surface area (Å²) in [7, 11) is 0. The van der Waals surface area contributed by atoms with Crippen molar-refractivity contribution in [2.45, 2.75) is 33.1 Å². The van der Waals surface area contributed by atoms with Crippen LogP contribution in [0.1, 0.15) is 30.0 Å². The highest BCUT2D eigenvalue weighted by atomic mass is 35.5. The lowest BCUT2D eigenvalue weighted by atomic mass is 9.97. The highest BCUT2D eigenvalue weighted by Crippen LogP contribution is 2.27. The van der Waals surface area contributed by atoms with Crippen LogP contribution >= 0.6 is 23.2 Å². The Kier molecular flexibility index (Phi) is 6.42. The zero-order valence-corrected chi connectivity index (χ0v) is 16.8. The van der Waals surface area contributed by atoms with Gasteiger partial charge in [0.1, 0.15) is 18.2 Å². The number of hydrogen-bond acceptors (Lipinski definition) is 3. The van der Waals surface area contributed by atoms with Crippen molar-refractivity contribution in [3.8, 4) is 5.75 Å². The number of aliphatic hydroxyl groups excluding tert-OH is 1. The Labute approximate surface area is 169 Å². The summed E-state index contributed by atoms with van der Waals surface area (Å²) in [6.45, 7) is 5.05. The van der Waals surface area contributed by atoms with Gasteiger partial charge in [0, 0.05) is 40.5 Å². The van der Waals surface area contributed by atoms with E-state index in [1.165, 1.54) is 0 Å². The van der Waals surface area contributed by atoms with Gasteiger partial charge in [-0.05, 0) is 36.8 Å². The molecule has 0 spiro atoms. The molecule has 4 nitrogen and oxygen atoms in total. The SMILES string of the molecule is Cc1nccn1CC(C)C(O)c1ccc(OCc2ccc(Cl)cc2Cl)cc1. The molecule has 0 aliphatic carbocycles. The van der Waals surface area contributed by atoms with Gasteiger partial charge in [0.15, 0.2) is 0 Å². The summed E-state index contributed by atoms with van der Waals surface area (Å²) in [4.78, 5) is 4.22. The summed E-state index contributed by atoms with van der Waals surface area (Å²) in [6, 6.07) is 12.8. The number of rotatable bonds is 7. The smallest absolute Gasteiger partial charge is 0.119 e. The fourth-order valence-electron chi connectivity index (χ4n) is 2.90. The Bertz CT molecular complexity index is 893. The Balaban J connectivity index is 1.59. The van der Waals surface area contributed by atoms with Gasteiger partial charge in [0.25, 0.3) is 0 Å². The van der Waals surface area contributed by atoms with Crippen LogP contribution in [0.4, 0.5) is 0 Å². The van der Waals surface area contributed by atoms with Crippen molar-refractivity contribution < 1.29 is 9.84 Å². The Morgan fingerprint density at radius 1 is 1.15 bits per heavy atom. The molecule has 0 radical (unpaired) electrons. The lowest BCUT2D eigenvalue weighted by molar-refractivity contribution is 0.107. The molecular weight excluding hydrogens is 383 g/mol. The van der Waals surface area contributed by atoms with E-state index in [0.29, 0.717) is 23.2 Å². The predicted molar refractivity (Wildman–Crippen MR) is 108 cm³/mol. The zero-order chi connectivity index (χ0) is 19.4. The molecule has 0 aliphatic heterocycles. The molecule has 2 unspecified atom stereocenters. The van der Waals surface area contributed by atoms with Crippen molar-refractivity contribution >= 4 is 23.2 Å². The number of hydrogen-bond donors (Lipinski definition) is 1. The summed E-state index contributed by atoms with van der Waals surface area (Å²) >= 11 is 12.1. The van der Waals surface area contributed by atoms with Crippen LogP contribution in [0.3, 0.4) is 0 Å². The van der Waals surface area contributed by atoms with Gasteiger partial charge in [-0.2, -0.15) is 0 Å². The third-order valence-electron chi connectivity index (χ3n) is 4.58. The van der Waals surface area contributed by atoms with Crippen LogP contribution in [0.2, 0.25) is 10.0 Å². The molecule has 0 saturated carbocycles. The molecule has 0 fully saturated rings. The molecular formula is C21H22Cl2N2O2. The molecule has 2 atom stereocenters. The summed E-state index contributed by atoms with van der Waals surface area (Å²) < 4.78 is 7.83. The summed E-state index contributed by atoms with van der Waals surface area (Å²) in [5, 5.41) is 11.8. The Hall–Kier alpha value is -2.01. The van der Waals surface area contributed by atoms with Crippen LogP contribution in [0.15, 0.2) is 54.9 Å². The lowest BCUT2D eigenvalue weighted by Gasteiger charge is -2.20. The van der Waals surface area contributed by atoms with Crippen molar-refractivity contribution in [2.24, 2.45) is 5.92 Å². The topological polar surface area (TPSA) is 47.3 Å². The minimum atomic E-state index is -0.563. The average Bonchev–Trinajstić information content (AvgIpc) is 3.05. The van der Waals surface area contributed by atoms with Crippen molar-refractivity contribution in [1.82, 2.24) is 9.55 Å². The van der Waals surface area contributed by atoms with Gasteiger partial charge in [0.05, 0.1) is 6.10 Å². The molecule has 0 bridgehead atoms. The molecule has 0 saturated heterocycles. The Morgan fingerprint density at radius 2 is 1.89 bits per heavy atom. The number of aromatic nitrogens is 2.